The van der Waals surface area contributed by atoms with Crippen LogP contribution < -0.4 is 10.1 Å². The van der Waals surface area contributed by atoms with Gasteiger partial charge in [-0.05, 0) is 30.5 Å². The largest absolute Gasteiger partial charge is 0.468 e. The fourth-order valence-electron chi connectivity index (χ4n) is 3.52. The van der Waals surface area contributed by atoms with E-state index in [4.69, 9.17) is 0 Å². The number of amides is 1. The number of alkyl halides is 3. The molecule has 2 aliphatic rings. The summed E-state index contributed by atoms with van der Waals surface area (Å²) in [4.78, 5) is 21.1. The third-order valence-electron chi connectivity index (χ3n) is 5.18. The molecule has 1 fully saturated rings. The number of carbonyl (C=O) groups excluding carboxylic acids is 1. The average molecular weight is 403 g/mol. The van der Waals surface area contributed by atoms with Gasteiger partial charge in [0.15, 0.2) is 6.61 Å². The SMILES string of the molecule is C[C@@H](NC(=O)[C@@H]1C[C@H]1C1=Nc2ccccc2C1)c1ccc(OCC(F)(F)F)nc1. The Kier molecular flexibility index (Phi) is 5.02. The standard InChI is InChI=1S/C21H20F3N3O2/c1-12(14-6-7-19(25-10-14)29-11-21(22,23)24)26-20(28)16-9-15(16)18-8-13-4-2-3-5-17(13)27-18/h2-7,10,12,15-16H,8-9,11H2,1H3,(H,26,28)/t12-,15-,16-/m1/s1. The molecular formula is C21H20F3N3O2. The topological polar surface area (TPSA) is 63.6 Å². The van der Waals surface area contributed by atoms with Crippen molar-refractivity contribution in [2.45, 2.75) is 32.0 Å². The lowest BCUT2D eigenvalue weighted by Gasteiger charge is -2.15. The number of para-hydroxylation sites is 1. The van der Waals surface area contributed by atoms with Gasteiger partial charge in [-0.2, -0.15) is 13.2 Å². The monoisotopic (exact) mass is 403 g/mol. The highest BCUT2D eigenvalue weighted by Gasteiger charge is 2.47. The van der Waals surface area contributed by atoms with Gasteiger partial charge < -0.3 is 10.1 Å². The minimum absolute atomic E-state index is 0.0430. The summed E-state index contributed by atoms with van der Waals surface area (Å²) in [5.41, 5.74) is 3.94. The van der Waals surface area contributed by atoms with E-state index in [0.717, 1.165) is 24.2 Å². The van der Waals surface area contributed by atoms with Crippen LogP contribution in [0.2, 0.25) is 0 Å². The van der Waals surface area contributed by atoms with Crippen molar-refractivity contribution < 1.29 is 22.7 Å². The first-order valence-electron chi connectivity index (χ1n) is 9.41. The number of fused-ring (bicyclic) bond motifs is 1. The van der Waals surface area contributed by atoms with Crippen molar-refractivity contribution in [3.05, 3.63) is 53.7 Å². The lowest BCUT2D eigenvalue weighted by atomic mass is 10.1. The number of hydrogen-bond donors (Lipinski definition) is 1. The third kappa shape index (κ3) is 4.58. The Bertz CT molecular complexity index is 941. The summed E-state index contributed by atoms with van der Waals surface area (Å²) in [7, 11) is 0. The van der Waals surface area contributed by atoms with Crippen LogP contribution in [0.1, 0.15) is 30.5 Å². The summed E-state index contributed by atoms with van der Waals surface area (Å²) in [6.45, 7) is 0.425. The number of carbonyl (C=O) groups is 1. The van der Waals surface area contributed by atoms with E-state index in [9.17, 15) is 18.0 Å². The summed E-state index contributed by atoms with van der Waals surface area (Å²) in [5, 5.41) is 2.95. The number of aromatic nitrogens is 1. The molecule has 3 atom stereocenters. The van der Waals surface area contributed by atoms with E-state index in [-0.39, 0.29) is 29.7 Å². The zero-order chi connectivity index (χ0) is 20.6. The number of hydrogen-bond acceptors (Lipinski definition) is 4. The number of pyridine rings is 1. The van der Waals surface area contributed by atoms with Crippen LogP contribution in [0.25, 0.3) is 0 Å². The summed E-state index contributed by atoms with van der Waals surface area (Å²) in [6.07, 6.45) is -1.41. The molecule has 5 nitrogen and oxygen atoms in total. The molecule has 0 bridgehead atoms. The maximum atomic E-state index is 12.6. The summed E-state index contributed by atoms with van der Waals surface area (Å²) >= 11 is 0. The predicted molar refractivity (Wildman–Crippen MR) is 101 cm³/mol. The van der Waals surface area contributed by atoms with Crippen molar-refractivity contribution in [2.75, 3.05) is 6.61 Å². The van der Waals surface area contributed by atoms with Gasteiger partial charge in [0.25, 0.3) is 0 Å². The Balaban J connectivity index is 1.29. The van der Waals surface area contributed by atoms with Crippen LogP contribution in [0.15, 0.2) is 47.6 Å². The van der Waals surface area contributed by atoms with Crippen LogP contribution in [-0.4, -0.2) is 29.4 Å². The minimum atomic E-state index is -4.41. The van der Waals surface area contributed by atoms with Gasteiger partial charge in [0.05, 0.1) is 11.7 Å². The molecule has 1 aromatic carbocycles. The molecule has 4 rings (SSSR count). The van der Waals surface area contributed by atoms with Gasteiger partial charge in [0.1, 0.15) is 0 Å². The number of rotatable bonds is 6. The van der Waals surface area contributed by atoms with Gasteiger partial charge in [-0.1, -0.05) is 24.3 Å². The van der Waals surface area contributed by atoms with E-state index in [2.05, 4.69) is 26.1 Å². The Morgan fingerprint density at radius 3 is 2.76 bits per heavy atom. The van der Waals surface area contributed by atoms with E-state index >= 15 is 0 Å². The number of nitrogens with zero attached hydrogens (tertiary/aromatic N) is 2. The molecule has 1 saturated carbocycles. The second kappa shape index (κ2) is 7.50. The first-order chi connectivity index (χ1) is 13.8. The molecule has 1 amide bonds. The zero-order valence-electron chi connectivity index (χ0n) is 15.7. The number of ether oxygens (including phenoxy) is 1. The molecule has 1 aliphatic heterocycles. The van der Waals surface area contributed by atoms with Crippen LogP contribution in [0, 0.1) is 11.8 Å². The molecule has 2 aromatic rings. The van der Waals surface area contributed by atoms with Crippen molar-refractivity contribution in [1.29, 1.82) is 0 Å². The van der Waals surface area contributed by atoms with Gasteiger partial charge in [-0.25, -0.2) is 4.98 Å². The van der Waals surface area contributed by atoms with Crippen molar-refractivity contribution in [3.8, 4) is 5.88 Å². The summed E-state index contributed by atoms with van der Waals surface area (Å²) in [6, 6.07) is 10.6. The number of aliphatic imine (C=N–C) groups is 1. The number of halogens is 3. The summed E-state index contributed by atoms with van der Waals surface area (Å²) in [5.74, 6) is -0.0667. The lowest BCUT2D eigenvalue weighted by molar-refractivity contribution is -0.154. The second-order valence-corrected chi connectivity index (χ2v) is 7.42. The molecule has 152 valence electrons. The third-order valence-corrected chi connectivity index (χ3v) is 5.18. The molecule has 2 heterocycles. The van der Waals surface area contributed by atoms with E-state index in [0.29, 0.717) is 5.56 Å². The van der Waals surface area contributed by atoms with E-state index in [1.165, 1.54) is 17.8 Å². The molecule has 0 unspecified atom stereocenters. The highest BCUT2D eigenvalue weighted by atomic mass is 19.4. The highest BCUT2D eigenvalue weighted by molar-refractivity contribution is 6.01. The van der Waals surface area contributed by atoms with E-state index in [1.54, 1.807) is 6.07 Å². The first kappa shape index (κ1) is 19.4. The van der Waals surface area contributed by atoms with Gasteiger partial charge in [-0.3, -0.25) is 9.79 Å². The normalized spacial score (nSPS) is 21.2. The van der Waals surface area contributed by atoms with Crippen LogP contribution >= 0.6 is 0 Å². The first-order valence-corrected chi connectivity index (χ1v) is 9.41. The Labute approximate surface area is 166 Å². The maximum absolute atomic E-state index is 12.6. The fourth-order valence-corrected chi connectivity index (χ4v) is 3.52. The molecule has 0 spiro atoms. The molecule has 0 radical (unpaired) electrons. The van der Waals surface area contributed by atoms with Crippen molar-refractivity contribution in [2.24, 2.45) is 16.8 Å². The molecular weight excluding hydrogens is 383 g/mol. The molecule has 1 aromatic heterocycles. The molecule has 29 heavy (non-hydrogen) atoms. The van der Waals surface area contributed by atoms with Crippen molar-refractivity contribution >= 4 is 17.3 Å². The number of benzene rings is 1. The maximum Gasteiger partial charge on any atom is 0.422 e. The van der Waals surface area contributed by atoms with E-state index < -0.39 is 12.8 Å². The molecule has 1 aliphatic carbocycles. The predicted octanol–water partition coefficient (Wildman–Crippen LogP) is 4.16. The fraction of sp³-hybridized carbons (Fsp3) is 0.381. The van der Waals surface area contributed by atoms with Crippen molar-refractivity contribution in [3.63, 3.8) is 0 Å². The lowest BCUT2D eigenvalue weighted by Crippen LogP contribution is -2.29. The Morgan fingerprint density at radius 1 is 1.28 bits per heavy atom. The van der Waals surface area contributed by atoms with Gasteiger partial charge in [-0.15, -0.1) is 0 Å². The Hall–Kier alpha value is -2.90. The summed E-state index contributed by atoms with van der Waals surface area (Å²) < 4.78 is 41.2. The highest BCUT2D eigenvalue weighted by Crippen LogP contribution is 2.44. The quantitative estimate of drug-likeness (QED) is 0.788. The molecule has 1 N–H and O–H groups in total. The molecule has 8 heteroatoms. The number of nitrogens with one attached hydrogen (secondary N) is 1. The van der Waals surface area contributed by atoms with Gasteiger partial charge in [0, 0.05) is 36.2 Å². The zero-order valence-corrected chi connectivity index (χ0v) is 15.7. The Morgan fingerprint density at radius 2 is 2.07 bits per heavy atom. The van der Waals surface area contributed by atoms with Gasteiger partial charge in [0.2, 0.25) is 11.8 Å². The van der Waals surface area contributed by atoms with E-state index in [1.807, 2.05) is 25.1 Å². The second-order valence-electron chi connectivity index (χ2n) is 7.42. The van der Waals surface area contributed by atoms with Crippen LogP contribution in [0.4, 0.5) is 18.9 Å². The van der Waals surface area contributed by atoms with Crippen LogP contribution in [-0.2, 0) is 11.2 Å². The average Bonchev–Trinajstić information content (AvgIpc) is 3.38. The van der Waals surface area contributed by atoms with Gasteiger partial charge >= 0.3 is 6.18 Å². The van der Waals surface area contributed by atoms with Crippen LogP contribution in [0.3, 0.4) is 0 Å². The van der Waals surface area contributed by atoms with Crippen molar-refractivity contribution in [1.82, 2.24) is 10.3 Å². The van der Waals surface area contributed by atoms with Crippen LogP contribution in [0.5, 0.6) is 5.88 Å². The smallest absolute Gasteiger partial charge is 0.422 e. The molecule has 0 saturated heterocycles. The minimum Gasteiger partial charge on any atom is -0.468 e.